The van der Waals surface area contributed by atoms with Crippen LogP contribution in [0.15, 0.2) is 18.2 Å². The summed E-state index contributed by atoms with van der Waals surface area (Å²) in [6.45, 7) is 0. The van der Waals surface area contributed by atoms with E-state index in [2.05, 4.69) is 9.72 Å². The van der Waals surface area contributed by atoms with E-state index in [0.717, 1.165) is 0 Å². The van der Waals surface area contributed by atoms with Crippen LogP contribution in [0.4, 0.5) is 4.39 Å². The van der Waals surface area contributed by atoms with Crippen molar-refractivity contribution in [3.05, 3.63) is 34.7 Å². The Kier molecular flexibility index (Phi) is 2.36. The van der Waals surface area contributed by atoms with Crippen LogP contribution in [0.2, 0.25) is 5.02 Å². The van der Waals surface area contributed by atoms with Gasteiger partial charge in [0.15, 0.2) is 0 Å². The third-order valence-corrected chi connectivity index (χ3v) is 2.36. The van der Waals surface area contributed by atoms with Crippen LogP contribution in [-0.2, 0) is 4.74 Å². The van der Waals surface area contributed by atoms with Crippen molar-refractivity contribution >= 4 is 28.5 Å². The molecule has 0 spiro atoms. The number of benzene rings is 1. The highest BCUT2D eigenvalue weighted by Gasteiger charge is 2.11. The molecule has 1 heterocycles. The van der Waals surface area contributed by atoms with Gasteiger partial charge in [-0.2, -0.15) is 0 Å². The Morgan fingerprint density at radius 1 is 1.47 bits per heavy atom. The Morgan fingerprint density at radius 3 is 2.87 bits per heavy atom. The smallest absolute Gasteiger partial charge is 0.354 e. The van der Waals surface area contributed by atoms with Crippen molar-refractivity contribution in [1.82, 2.24) is 4.98 Å². The summed E-state index contributed by atoms with van der Waals surface area (Å²) >= 11 is 5.60. The average molecular weight is 228 g/mol. The Morgan fingerprint density at radius 2 is 2.20 bits per heavy atom. The molecule has 78 valence electrons. The lowest BCUT2D eigenvalue weighted by atomic mass is 10.2. The van der Waals surface area contributed by atoms with Crippen LogP contribution in [0, 0.1) is 5.82 Å². The molecule has 0 aliphatic carbocycles. The fourth-order valence-corrected chi connectivity index (χ4v) is 1.51. The highest BCUT2D eigenvalue weighted by Crippen LogP contribution is 2.23. The molecule has 0 unspecified atom stereocenters. The maximum atomic E-state index is 13.1. The molecule has 1 aromatic heterocycles. The van der Waals surface area contributed by atoms with Crippen LogP contribution in [-0.4, -0.2) is 18.1 Å². The van der Waals surface area contributed by atoms with Gasteiger partial charge in [-0.1, -0.05) is 11.6 Å². The number of rotatable bonds is 1. The molecular weight excluding hydrogens is 221 g/mol. The van der Waals surface area contributed by atoms with Crippen molar-refractivity contribution in [2.75, 3.05) is 7.11 Å². The summed E-state index contributed by atoms with van der Waals surface area (Å²) < 4.78 is 17.6. The number of H-pyrrole nitrogens is 1. The Balaban J connectivity index is 2.61. The molecule has 0 saturated carbocycles. The van der Waals surface area contributed by atoms with Gasteiger partial charge in [-0.3, -0.25) is 0 Å². The summed E-state index contributed by atoms with van der Waals surface area (Å²) in [7, 11) is 1.28. The number of aromatic nitrogens is 1. The Labute approximate surface area is 89.8 Å². The number of carbonyl (C=O) groups excluding carboxylic acids is 1. The zero-order valence-corrected chi connectivity index (χ0v) is 8.56. The SMILES string of the molecule is COC(=O)c1cc2cc(F)c(Cl)cc2[nH]1. The number of aromatic amines is 1. The molecule has 0 saturated heterocycles. The lowest BCUT2D eigenvalue weighted by Gasteiger charge is -1.93. The second-order valence-electron chi connectivity index (χ2n) is 3.03. The highest BCUT2D eigenvalue weighted by molar-refractivity contribution is 6.31. The van der Waals surface area contributed by atoms with Crippen LogP contribution >= 0.6 is 11.6 Å². The molecular formula is C10H7ClFNO2. The van der Waals surface area contributed by atoms with Crippen molar-refractivity contribution in [3.63, 3.8) is 0 Å². The predicted molar refractivity (Wildman–Crippen MR) is 54.6 cm³/mol. The van der Waals surface area contributed by atoms with Crippen LogP contribution < -0.4 is 0 Å². The average Bonchev–Trinajstić information content (AvgIpc) is 2.60. The summed E-state index contributed by atoms with van der Waals surface area (Å²) in [5, 5.41) is 0.595. The lowest BCUT2D eigenvalue weighted by Crippen LogP contribution is -2.00. The molecule has 0 bridgehead atoms. The first-order valence-corrected chi connectivity index (χ1v) is 4.55. The number of hydrogen-bond donors (Lipinski definition) is 1. The Bertz CT molecular complexity index is 496. The minimum atomic E-state index is -0.514. The number of halogens is 2. The van der Waals surface area contributed by atoms with Gasteiger partial charge in [0.05, 0.1) is 12.1 Å². The van der Waals surface area contributed by atoms with E-state index in [1.165, 1.54) is 25.3 Å². The van der Waals surface area contributed by atoms with Gasteiger partial charge >= 0.3 is 5.97 Å². The van der Waals surface area contributed by atoms with Gasteiger partial charge in [0.2, 0.25) is 0 Å². The first kappa shape index (κ1) is 9.98. The van der Waals surface area contributed by atoms with E-state index in [-0.39, 0.29) is 10.7 Å². The third-order valence-electron chi connectivity index (χ3n) is 2.07. The van der Waals surface area contributed by atoms with Gasteiger partial charge in [-0.05, 0) is 18.2 Å². The summed E-state index contributed by atoms with van der Waals surface area (Å²) in [6.07, 6.45) is 0. The van der Waals surface area contributed by atoms with E-state index >= 15 is 0 Å². The van der Waals surface area contributed by atoms with Crippen LogP contribution in [0.1, 0.15) is 10.5 Å². The molecule has 5 heteroatoms. The molecule has 15 heavy (non-hydrogen) atoms. The summed E-state index contributed by atoms with van der Waals surface area (Å²) in [5.74, 6) is -1.01. The molecule has 0 aliphatic heterocycles. The Hall–Kier alpha value is -1.55. The van der Waals surface area contributed by atoms with E-state index in [1.807, 2.05) is 0 Å². The summed E-state index contributed by atoms with van der Waals surface area (Å²) in [6, 6.07) is 4.21. The quantitative estimate of drug-likeness (QED) is 0.762. The van der Waals surface area contributed by atoms with Crippen LogP contribution in [0.25, 0.3) is 10.9 Å². The fraction of sp³-hybridized carbons (Fsp3) is 0.100. The largest absolute Gasteiger partial charge is 0.464 e. The van der Waals surface area contributed by atoms with Crippen molar-refractivity contribution < 1.29 is 13.9 Å². The fourth-order valence-electron chi connectivity index (χ4n) is 1.35. The molecule has 0 atom stereocenters. The third kappa shape index (κ3) is 1.68. The van der Waals surface area contributed by atoms with E-state index in [9.17, 15) is 9.18 Å². The van der Waals surface area contributed by atoms with Crippen LogP contribution in [0.5, 0.6) is 0 Å². The first-order valence-electron chi connectivity index (χ1n) is 4.18. The minimum absolute atomic E-state index is 0.0146. The lowest BCUT2D eigenvalue weighted by molar-refractivity contribution is 0.0595. The topological polar surface area (TPSA) is 42.1 Å². The molecule has 0 aliphatic rings. The van der Waals surface area contributed by atoms with Gasteiger partial charge in [0, 0.05) is 10.9 Å². The van der Waals surface area contributed by atoms with Crippen molar-refractivity contribution in [3.8, 4) is 0 Å². The second-order valence-corrected chi connectivity index (χ2v) is 3.44. The van der Waals surface area contributed by atoms with Crippen LogP contribution in [0.3, 0.4) is 0 Å². The molecule has 3 nitrogen and oxygen atoms in total. The van der Waals surface area contributed by atoms with E-state index in [1.54, 1.807) is 0 Å². The normalized spacial score (nSPS) is 10.6. The van der Waals surface area contributed by atoms with Gasteiger partial charge < -0.3 is 9.72 Å². The molecule has 0 fully saturated rings. The predicted octanol–water partition coefficient (Wildman–Crippen LogP) is 2.75. The van der Waals surface area contributed by atoms with Gasteiger partial charge in [0.25, 0.3) is 0 Å². The van der Waals surface area contributed by atoms with Gasteiger partial charge in [-0.25, -0.2) is 9.18 Å². The number of fused-ring (bicyclic) bond motifs is 1. The maximum absolute atomic E-state index is 13.1. The standard InChI is InChI=1S/C10H7ClFNO2/c1-15-10(14)9-3-5-2-7(12)6(11)4-8(5)13-9/h2-4,13H,1H3. The van der Waals surface area contributed by atoms with Gasteiger partial charge in [0.1, 0.15) is 11.5 Å². The van der Waals surface area contributed by atoms with E-state index in [4.69, 9.17) is 11.6 Å². The molecule has 2 rings (SSSR count). The molecule has 0 radical (unpaired) electrons. The van der Waals surface area contributed by atoms with Crippen molar-refractivity contribution in [2.24, 2.45) is 0 Å². The number of esters is 1. The minimum Gasteiger partial charge on any atom is -0.464 e. The van der Waals surface area contributed by atoms with E-state index < -0.39 is 11.8 Å². The number of ether oxygens (including phenoxy) is 1. The molecule has 2 aromatic rings. The number of hydrogen-bond acceptors (Lipinski definition) is 2. The van der Waals surface area contributed by atoms with E-state index in [0.29, 0.717) is 10.9 Å². The molecule has 0 amide bonds. The van der Waals surface area contributed by atoms with Crippen molar-refractivity contribution in [2.45, 2.75) is 0 Å². The molecule has 1 N–H and O–H groups in total. The zero-order chi connectivity index (χ0) is 11.0. The summed E-state index contributed by atoms with van der Waals surface area (Å²) in [5.41, 5.74) is 0.871. The van der Waals surface area contributed by atoms with Gasteiger partial charge in [-0.15, -0.1) is 0 Å². The second kappa shape index (κ2) is 3.55. The zero-order valence-electron chi connectivity index (χ0n) is 7.80. The monoisotopic (exact) mass is 227 g/mol. The number of nitrogens with one attached hydrogen (secondary N) is 1. The summed E-state index contributed by atoms with van der Waals surface area (Å²) in [4.78, 5) is 14.0. The maximum Gasteiger partial charge on any atom is 0.354 e. The number of carbonyl (C=O) groups is 1. The van der Waals surface area contributed by atoms with Crippen molar-refractivity contribution in [1.29, 1.82) is 0 Å². The number of methoxy groups -OCH3 is 1. The molecule has 1 aromatic carbocycles. The first-order chi connectivity index (χ1) is 7.11. The highest BCUT2D eigenvalue weighted by atomic mass is 35.5.